The smallest absolute Gasteiger partial charge is 0.266 e. The fourth-order valence-corrected chi connectivity index (χ4v) is 4.03. The van der Waals surface area contributed by atoms with Gasteiger partial charge in [-0.1, -0.05) is 43.2 Å². The van der Waals surface area contributed by atoms with Crippen LogP contribution in [0.5, 0.6) is 0 Å². The van der Waals surface area contributed by atoms with Crippen molar-refractivity contribution in [2.24, 2.45) is 11.0 Å². The fraction of sp³-hybridized carbons (Fsp3) is 0.368. The van der Waals surface area contributed by atoms with Crippen molar-refractivity contribution >= 4 is 23.5 Å². The van der Waals surface area contributed by atoms with E-state index in [1.807, 2.05) is 31.2 Å². The largest absolute Gasteiger partial charge is 0.281 e. The Labute approximate surface area is 141 Å². The molecule has 1 aromatic heterocycles. The molecule has 1 aromatic carbocycles. The van der Waals surface area contributed by atoms with Crippen molar-refractivity contribution in [3.8, 4) is 0 Å². The van der Waals surface area contributed by atoms with Gasteiger partial charge >= 0.3 is 0 Å². The number of nitrogens with zero attached hydrogens (tertiary/aromatic N) is 1. The molecule has 1 heterocycles. The van der Waals surface area contributed by atoms with Crippen LogP contribution in [-0.2, 0) is 12.8 Å². The SMILES string of the molecule is CC[C@H]1CCc2sc(C(=O)N/N=C\c3ccc(C)cc3)cc2C1. The highest BCUT2D eigenvalue weighted by Gasteiger charge is 2.21. The molecule has 0 spiro atoms. The summed E-state index contributed by atoms with van der Waals surface area (Å²) in [5.41, 5.74) is 6.19. The molecule has 23 heavy (non-hydrogen) atoms. The van der Waals surface area contributed by atoms with Gasteiger partial charge in [0.2, 0.25) is 0 Å². The molecule has 0 unspecified atom stereocenters. The normalized spacial score (nSPS) is 17.2. The number of nitrogens with one attached hydrogen (secondary N) is 1. The van der Waals surface area contributed by atoms with Crippen LogP contribution in [0.2, 0.25) is 0 Å². The zero-order chi connectivity index (χ0) is 16.2. The third kappa shape index (κ3) is 3.88. The van der Waals surface area contributed by atoms with Gasteiger partial charge in [0.25, 0.3) is 5.91 Å². The van der Waals surface area contributed by atoms with E-state index in [9.17, 15) is 4.79 Å². The molecular weight excluding hydrogens is 304 g/mol. The number of carbonyl (C=O) groups excluding carboxylic acids is 1. The second-order valence-corrected chi connectivity index (χ2v) is 7.32. The Morgan fingerprint density at radius 1 is 1.39 bits per heavy atom. The van der Waals surface area contributed by atoms with Gasteiger partial charge in [-0.3, -0.25) is 4.79 Å². The first-order chi connectivity index (χ1) is 11.2. The number of thiophene rings is 1. The Balaban J connectivity index is 1.63. The molecule has 4 heteroatoms. The summed E-state index contributed by atoms with van der Waals surface area (Å²) in [6, 6.07) is 10.1. The van der Waals surface area contributed by atoms with Crippen molar-refractivity contribution in [3.05, 3.63) is 56.8 Å². The minimum Gasteiger partial charge on any atom is -0.266 e. The van der Waals surface area contributed by atoms with Crippen LogP contribution in [0, 0.1) is 12.8 Å². The zero-order valence-electron chi connectivity index (χ0n) is 13.6. The molecule has 1 amide bonds. The first-order valence-electron chi connectivity index (χ1n) is 8.17. The zero-order valence-corrected chi connectivity index (χ0v) is 14.5. The van der Waals surface area contributed by atoms with Crippen molar-refractivity contribution < 1.29 is 4.79 Å². The number of hydrogen-bond donors (Lipinski definition) is 1. The maximum Gasteiger partial charge on any atom is 0.281 e. The van der Waals surface area contributed by atoms with Crippen LogP contribution < -0.4 is 5.43 Å². The number of amides is 1. The molecule has 0 saturated carbocycles. The van der Waals surface area contributed by atoms with Crippen LogP contribution in [0.1, 0.15) is 51.0 Å². The summed E-state index contributed by atoms with van der Waals surface area (Å²) in [7, 11) is 0. The van der Waals surface area contributed by atoms with Gasteiger partial charge in [-0.2, -0.15) is 5.10 Å². The molecule has 1 aliphatic rings. The minimum atomic E-state index is -0.110. The summed E-state index contributed by atoms with van der Waals surface area (Å²) < 4.78 is 0. The van der Waals surface area contributed by atoms with Crippen molar-refractivity contribution in [3.63, 3.8) is 0 Å². The molecule has 0 saturated heterocycles. The molecule has 1 N–H and O–H groups in total. The van der Waals surface area contributed by atoms with Gasteiger partial charge in [-0.25, -0.2) is 5.43 Å². The lowest BCUT2D eigenvalue weighted by atomic mass is 9.87. The standard InChI is InChI=1S/C19H22N2OS/c1-3-14-8-9-17-16(10-14)11-18(23-17)19(22)21-20-12-15-6-4-13(2)5-7-15/h4-7,11-12,14H,3,8-10H2,1-2H3,(H,21,22)/b20-12-/t14-/m0/s1. The third-order valence-electron chi connectivity index (χ3n) is 4.44. The number of aryl methyl sites for hydroxylation is 2. The molecule has 2 aromatic rings. The van der Waals surface area contributed by atoms with Crippen molar-refractivity contribution in [1.29, 1.82) is 0 Å². The number of hydrogen-bond acceptors (Lipinski definition) is 3. The Hall–Kier alpha value is -1.94. The number of hydrazone groups is 1. The topological polar surface area (TPSA) is 41.5 Å². The summed E-state index contributed by atoms with van der Waals surface area (Å²) >= 11 is 1.62. The molecule has 0 bridgehead atoms. The van der Waals surface area contributed by atoms with Crippen LogP contribution in [0.25, 0.3) is 0 Å². The molecular formula is C19H22N2OS. The van der Waals surface area contributed by atoms with E-state index in [1.165, 1.54) is 28.8 Å². The number of rotatable bonds is 4. The number of fused-ring (bicyclic) bond motifs is 1. The molecule has 0 aliphatic heterocycles. The van der Waals surface area contributed by atoms with E-state index in [4.69, 9.17) is 0 Å². The Kier molecular flexibility index (Phi) is 4.91. The maximum atomic E-state index is 12.2. The predicted octanol–water partition coefficient (Wildman–Crippen LogP) is 4.34. The van der Waals surface area contributed by atoms with Gasteiger partial charge in [0.15, 0.2) is 0 Å². The second-order valence-electron chi connectivity index (χ2n) is 6.19. The van der Waals surface area contributed by atoms with Gasteiger partial charge in [-0.05, 0) is 49.3 Å². The Morgan fingerprint density at radius 3 is 2.91 bits per heavy atom. The lowest BCUT2D eigenvalue weighted by molar-refractivity contribution is 0.0959. The van der Waals surface area contributed by atoms with E-state index >= 15 is 0 Å². The molecule has 120 valence electrons. The van der Waals surface area contributed by atoms with Crippen molar-refractivity contribution in [2.75, 3.05) is 0 Å². The van der Waals surface area contributed by atoms with Gasteiger partial charge in [0.05, 0.1) is 11.1 Å². The minimum absolute atomic E-state index is 0.110. The average Bonchev–Trinajstić information content (AvgIpc) is 2.99. The van der Waals surface area contributed by atoms with Crippen LogP contribution in [0.3, 0.4) is 0 Å². The van der Waals surface area contributed by atoms with E-state index in [1.54, 1.807) is 17.6 Å². The van der Waals surface area contributed by atoms with E-state index in [0.717, 1.165) is 29.2 Å². The van der Waals surface area contributed by atoms with Crippen LogP contribution in [0.4, 0.5) is 0 Å². The second kappa shape index (κ2) is 7.09. The molecule has 0 fully saturated rings. The quantitative estimate of drug-likeness (QED) is 0.659. The van der Waals surface area contributed by atoms with Gasteiger partial charge < -0.3 is 0 Å². The van der Waals surface area contributed by atoms with Crippen LogP contribution in [-0.4, -0.2) is 12.1 Å². The lowest BCUT2D eigenvalue weighted by Gasteiger charge is -2.19. The van der Waals surface area contributed by atoms with E-state index in [-0.39, 0.29) is 5.91 Å². The Morgan fingerprint density at radius 2 is 2.17 bits per heavy atom. The van der Waals surface area contributed by atoms with E-state index < -0.39 is 0 Å². The van der Waals surface area contributed by atoms with Crippen molar-refractivity contribution in [1.82, 2.24) is 5.43 Å². The highest BCUT2D eigenvalue weighted by Crippen LogP contribution is 2.33. The van der Waals surface area contributed by atoms with Gasteiger partial charge in [-0.15, -0.1) is 11.3 Å². The first-order valence-corrected chi connectivity index (χ1v) is 8.99. The van der Waals surface area contributed by atoms with E-state index in [2.05, 4.69) is 23.5 Å². The molecule has 1 atom stereocenters. The number of carbonyl (C=O) groups is 1. The van der Waals surface area contributed by atoms with Crippen molar-refractivity contribution in [2.45, 2.75) is 39.5 Å². The number of benzene rings is 1. The van der Waals surface area contributed by atoms with Crippen LogP contribution >= 0.6 is 11.3 Å². The summed E-state index contributed by atoms with van der Waals surface area (Å²) in [6.45, 7) is 4.29. The molecule has 3 rings (SSSR count). The summed E-state index contributed by atoms with van der Waals surface area (Å²) in [4.78, 5) is 14.4. The molecule has 3 nitrogen and oxygen atoms in total. The van der Waals surface area contributed by atoms with Gasteiger partial charge in [0.1, 0.15) is 0 Å². The third-order valence-corrected chi connectivity index (χ3v) is 5.68. The maximum absolute atomic E-state index is 12.2. The lowest BCUT2D eigenvalue weighted by Crippen LogP contribution is -2.16. The summed E-state index contributed by atoms with van der Waals surface area (Å²) in [5, 5.41) is 4.07. The highest BCUT2D eigenvalue weighted by atomic mass is 32.1. The summed E-state index contributed by atoms with van der Waals surface area (Å²) in [6.07, 6.45) is 6.37. The highest BCUT2D eigenvalue weighted by molar-refractivity contribution is 7.14. The predicted molar refractivity (Wildman–Crippen MR) is 96.4 cm³/mol. The average molecular weight is 326 g/mol. The monoisotopic (exact) mass is 326 g/mol. The first kappa shape index (κ1) is 15.9. The fourth-order valence-electron chi connectivity index (χ4n) is 2.93. The van der Waals surface area contributed by atoms with Gasteiger partial charge in [0, 0.05) is 4.88 Å². The van der Waals surface area contributed by atoms with E-state index in [0.29, 0.717) is 0 Å². The molecule has 0 radical (unpaired) electrons. The molecule has 1 aliphatic carbocycles. The van der Waals surface area contributed by atoms with Crippen LogP contribution in [0.15, 0.2) is 35.4 Å². The Bertz CT molecular complexity index is 715. The summed E-state index contributed by atoms with van der Waals surface area (Å²) in [5.74, 6) is 0.661.